The third-order valence-corrected chi connectivity index (χ3v) is 5.68. The van der Waals surface area contributed by atoms with E-state index in [1.165, 1.54) is 51.6 Å². The Kier molecular flexibility index (Phi) is 4.71. The summed E-state index contributed by atoms with van der Waals surface area (Å²) < 4.78 is 0. The molecule has 0 aromatic rings. The van der Waals surface area contributed by atoms with Gasteiger partial charge in [0.25, 0.3) is 0 Å². The van der Waals surface area contributed by atoms with Crippen molar-refractivity contribution >= 4 is 0 Å². The number of aliphatic hydroxyl groups excluding tert-OH is 1. The van der Waals surface area contributed by atoms with E-state index in [-0.39, 0.29) is 5.41 Å². The van der Waals surface area contributed by atoms with Crippen LogP contribution in [0, 0.1) is 10.8 Å². The maximum atomic E-state index is 9.67. The molecule has 0 aromatic carbocycles. The van der Waals surface area contributed by atoms with Gasteiger partial charge in [-0.3, -0.25) is 0 Å². The molecule has 2 heteroatoms. The first-order chi connectivity index (χ1) is 8.67. The van der Waals surface area contributed by atoms with Crippen LogP contribution in [0.4, 0.5) is 0 Å². The van der Waals surface area contributed by atoms with E-state index in [9.17, 15) is 5.11 Å². The van der Waals surface area contributed by atoms with Crippen molar-refractivity contribution in [2.75, 3.05) is 26.2 Å². The van der Waals surface area contributed by atoms with E-state index in [1.54, 1.807) is 0 Å². The fourth-order valence-corrected chi connectivity index (χ4v) is 4.03. The highest BCUT2D eigenvalue weighted by atomic mass is 16.3. The van der Waals surface area contributed by atoms with Crippen LogP contribution in [0.25, 0.3) is 0 Å². The predicted octanol–water partition coefficient (Wildman–Crippen LogP) is 3.44. The quantitative estimate of drug-likeness (QED) is 0.811. The largest absolute Gasteiger partial charge is 0.396 e. The highest BCUT2D eigenvalue weighted by Crippen LogP contribution is 2.44. The molecule has 1 heterocycles. The first-order valence-electron chi connectivity index (χ1n) is 8.01. The second-order valence-corrected chi connectivity index (χ2v) is 6.92. The Balaban J connectivity index is 1.84. The molecule has 0 amide bonds. The number of rotatable bonds is 5. The molecule has 1 N–H and O–H groups in total. The lowest BCUT2D eigenvalue weighted by Crippen LogP contribution is -2.59. The smallest absolute Gasteiger partial charge is 0.0499 e. The molecule has 18 heavy (non-hydrogen) atoms. The van der Waals surface area contributed by atoms with Crippen molar-refractivity contribution in [1.29, 1.82) is 0 Å². The van der Waals surface area contributed by atoms with Crippen LogP contribution >= 0.6 is 0 Å². The average Bonchev–Trinajstić information content (AvgIpc) is 2.61. The molecule has 0 bridgehead atoms. The van der Waals surface area contributed by atoms with Gasteiger partial charge in [0.05, 0.1) is 0 Å². The molecule has 0 radical (unpaired) electrons. The summed E-state index contributed by atoms with van der Waals surface area (Å²) in [4.78, 5) is 2.61. The molecule has 2 nitrogen and oxygen atoms in total. The first kappa shape index (κ1) is 14.3. The zero-order valence-corrected chi connectivity index (χ0v) is 12.4. The number of likely N-dealkylation sites (tertiary alicyclic amines) is 1. The second kappa shape index (κ2) is 5.92. The van der Waals surface area contributed by atoms with Crippen molar-refractivity contribution in [2.45, 2.75) is 65.2 Å². The maximum absolute atomic E-state index is 9.67. The summed E-state index contributed by atoms with van der Waals surface area (Å²) in [5, 5.41) is 9.67. The lowest BCUT2D eigenvalue weighted by Gasteiger charge is -2.53. The fraction of sp³-hybridized carbons (Fsp3) is 1.00. The normalized spacial score (nSPS) is 24.8. The maximum Gasteiger partial charge on any atom is 0.0499 e. The molecule has 0 aromatic heterocycles. The van der Waals surface area contributed by atoms with Gasteiger partial charge in [0.15, 0.2) is 0 Å². The summed E-state index contributed by atoms with van der Waals surface area (Å²) in [6.45, 7) is 8.51. The molecule has 0 unspecified atom stereocenters. The van der Waals surface area contributed by atoms with Gasteiger partial charge in [-0.2, -0.15) is 0 Å². The molecule has 1 saturated heterocycles. The van der Waals surface area contributed by atoms with E-state index < -0.39 is 0 Å². The fourth-order valence-electron chi connectivity index (χ4n) is 4.03. The van der Waals surface area contributed by atoms with Crippen molar-refractivity contribution in [3.8, 4) is 0 Å². The number of aliphatic hydroxyl groups is 1. The Morgan fingerprint density at radius 2 is 1.56 bits per heavy atom. The van der Waals surface area contributed by atoms with Crippen LogP contribution in [-0.4, -0.2) is 36.2 Å². The SMILES string of the molecule is CCC(CC)(CO)CN1CC2(CCCCCC2)C1. The standard InChI is InChI=1S/C16H31NO/c1-3-15(4-2,14-18)11-17-12-16(13-17)9-7-5-6-8-10-16/h18H,3-14H2,1-2H3. The Labute approximate surface area is 113 Å². The summed E-state index contributed by atoms with van der Waals surface area (Å²) in [7, 11) is 0. The molecule has 2 fully saturated rings. The summed E-state index contributed by atoms with van der Waals surface area (Å²) in [5.74, 6) is 0. The van der Waals surface area contributed by atoms with Crippen LogP contribution in [0.5, 0.6) is 0 Å². The lowest BCUT2D eigenvalue weighted by molar-refractivity contribution is -0.0517. The van der Waals surface area contributed by atoms with Crippen LogP contribution in [0.3, 0.4) is 0 Å². The molecule has 2 rings (SSSR count). The molecule has 106 valence electrons. The Morgan fingerprint density at radius 1 is 1.00 bits per heavy atom. The molecule has 1 aliphatic heterocycles. The van der Waals surface area contributed by atoms with Crippen molar-refractivity contribution in [3.05, 3.63) is 0 Å². The van der Waals surface area contributed by atoms with Crippen molar-refractivity contribution in [2.24, 2.45) is 10.8 Å². The van der Waals surface area contributed by atoms with E-state index in [0.717, 1.165) is 19.4 Å². The third-order valence-electron chi connectivity index (χ3n) is 5.68. The number of nitrogens with zero attached hydrogens (tertiary/aromatic N) is 1. The van der Waals surface area contributed by atoms with Crippen LogP contribution < -0.4 is 0 Å². The van der Waals surface area contributed by atoms with Crippen LogP contribution in [0.15, 0.2) is 0 Å². The lowest BCUT2D eigenvalue weighted by atomic mass is 9.71. The molecular weight excluding hydrogens is 222 g/mol. The highest BCUT2D eigenvalue weighted by Gasteiger charge is 2.44. The van der Waals surface area contributed by atoms with Gasteiger partial charge in [0.2, 0.25) is 0 Å². The van der Waals surface area contributed by atoms with Gasteiger partial charge in [-0.05, 0) is 31.1 Å². The minimum absolute atomic E-state index is 0.159. The van der Waals surface area contributed by atoms with Crippen molar-refractivity contribution in [1.82, 2.24) is 4.90 Å². The minimum Gasteiger partial charge on any atom is -0.396 e. The summed E-state index contributed by atoms with van der Waals surface area (Å²) in [5.41, 5.74) is 0.825. The minimum atomic E-state index is 0.159. The number of hydrogen-bond donors (Lipinski definition) is 1. The second-order valence-electron chi connectivity index (χ2n) is 6.92. The Hall–Kier alpha value is -0.0800. The molecule has 1 aliphatic carbocycles. The van der Waals surface area contributed by atoms with Gasteiger partial charge in [-0.15, -0.1) is 0 Å². The Bertz CT molecular complexity index is 236. The van der Waals surface area contributed by atoms with E-state index in [1.807, 2.05) is 0 Å². The molecule has 2 aliphatic rings. The zero-order chi connectivity index (χ0) is 13.1. The average molecular weight is 253 g/mol. The predicted molar refractivity (Wildman–Crippen MR) is 76.7 cm³/mol. The Morgan fingerprint density at radius 3 is 2.00 bits per heavy atom. The first-order valence-corrected chi connectivity index (χ1v) is 8.01. The van der Waals surface area contributed by atoms with Crippen LogP contribution in [0.2, 0.25) is 0 Å². The van der Waals surface area contributed by atoms with Gasteiger partial charge in [0, 0.05) is 31.7 Å². The number of hydrogen-bond acceptors (Lipinski definition) is 2. The molecule has 0 atom stereocenters. The monoisotopic (exact) mass is 253 g/mol. The topological polar surface area (TPSA) is 23.5 Å². The van der Waals surface area contributed by atoms with Gasteiger partial charge in [-0.25, -0.2) is 0 Å². The highest BCUT2D eigenvalue weighted by molar-refractivity contribution is 4.97. The van der Waals surface area contributed by atoms with Crippen molar-refractivity contribution < 1.29 is 5.11 Å². The van der Waals surface area contributed by atoms with Crippen molar-refractivity contribution in [3.63, 3.8) is 0 Å². The summed E-state index contributed by atoms with van der Waals surface area (Å²) in [6.07, 6.45) is 10.9. The van der Waals surface area contributed by atoms with Gasteiger partial charge < -0.3 is 10.0 Å². The van der Waals surface area contributed by atoms with Crippen LogP contribution in [0.1, 0.15) is 65.2 Å². The van der Waals surface area contributed by atoms with Crippen LogP contribution in [-0.2, 0) is 0 Å². The van der Waals surface area contributed by atoms with Gasteiger partial charge in [-0.1, -0.05) is 39.5 Å². The summed E-state index contributed by atoms with van der Waals surface area (Å²) in [6, 6.07) is 0. The molecule has 1 spiro atoms. The van der Waals surface area contributed by atoms with Gasteiger partial charge in [0.1, 0.15) is 0 Å². The van der Waals surface area contributed by atoms with E-state index >= 15 is 0 Å². The van der Waals surface area contributed by atoms with E-state index in [4.69, 9.17) is 0 Å². The molecule has 1 saturated carbocycles. The zero-order valence-electron chi connectivity index (χ0n) is 12.4. The third kappa shape index (κ3) is 2.91. The molecular formula is C16H31NO. The van der Waals surface area contributed by atoms with E-state index in [0.29, 0.717) is 12.0 Å². The van der Waals surface area contributed by atoms with Gasteiger partial charge >= 0.3 is 0 Å². The summed E-state index contributed by atoms with van der Waals surface area (Å²) >= 11 is 0. The van der Waals surface area contributed by atoms with E-state index in [2.05, 4.69) is 18.7 Å².